The van der Waals surface area contributed by atoms with E-state index >= 15 is 0 Å². The highest BCUT2D eigenvalue weighted by molar-refractivity contribution is 6.31. The van der Waals surface area contributed by atoms with Crippen molar-refractivity contribution in [3.05, 3.63) is 40.4 Å². The van der Waals surface area contributed by atoms with E-state index in [1.165, 1.54) is 12.1 Å². The molecule has 0 fully saturated rings. The molecule has 1 heterocycles. The summed E-state index contributed by atoms with van der Waals surface area (Å²) in [5, 5.41) is 8.84. The number of carbonyl (C=O) groups is 1. The van der Waals surface area contributed by atoms with Crippen LogP contribution in [0.3, 0.4) is 0 Å². The number of rotatable bonds is 2. The Morgan fingerprint density at radius 3 is 2.83 bits per heavy atom. The van der Waals surface area contributed by atoms with Crippen LogP contribution in [0.4, 0.5) is 15.8 Å². The second-order valence-electron chi connectivity index (χ2n) is 3.69. The molecule has 0 saturated carbocycles. The van der Waals surface area contributed by atoms with Crippen LogP contribution in [0.2, 0.25) is 5.02 Å². The molecule has 7 heteroatoms. The molecule has 1 amide bonds. The fourth-order valence-electron chi connectivity index (χ4n) is 1.38. The van der Waals surface area contributed by atoms with Gasteiger partial charge in [-0.25, -0.2) is 4.39 Å². The Hall–Kier alpha value is -2.08. The van der Waals surface area contributed by atoms with Gasteiger partial charge in [0.1, 0.15) is 5.82 Å². The zero-order valence-electron chi connectivity index (χ0n) is 9.42. The molecule has 0 bridgehead atoms. The lowest BCUT2D eigenvalue weighted by Crippen LogP contribution is -2.14. The van der Waals surface area contributed by atoms with Crippen molar-refractivity contribution >= 4 is 28.9 Å². The maximum atomic E-state index is 12.9. The van der Waals surface area contributed by atoms with Crippen molar-refractivity contribution in [1.82, 2.24) is 10.2 Å². The van der Waals surface area contributed by atoms with Crippen molar-refractivity contribution in [1.29, 1.82) is 0 Å². The summed E-state index contributed by atoms with van der Waals surface area (Å²) in [5.74, 6) is -1.04. The van der Waals surface area contributed by atoms with Gasteiger partial charge in [-0.05, 0) is 25.1 Å². The zero-order chi connectivity index (χ0) is 13.3. The molecular weight excluding hydrogens is 259 g/mol. The van der Waals surface area contributed by atoms with Gasteiger partial charge >= 0.3 is 0 Å². The molecule has 0 atom stereocenters. The van der Waals surface area contributed by atoms with Gasteiger partial charge in [0.05, 0.1) is 16.4 Å². The molecule has 5 nitrogen and oxygen atoms in total. The normalized spacial score (nSPS) is 10.4. The van der Waals surface area contributed by atoms with Crippen molar-refractivity contribution in [2.75, 3.05) is 11.1 Å². The number of nitrogens with two attached hydrogens (primary N) is 1. The number of halogens is 2. The van der Waals surface area contributed by atoms with Crippen molar-refractivity contribution < 1.29 is 9.18 Å². The van der Waals surface area contributed by atoms with Gasteiger partial charge in [0.2, 0.25) is 0 Å². The van der Waals surface area contributed by atoms with E-state index in [1.54, 1.807) is 6.92 Å². The van der Waals surface area contributed by atoms with Crippen LogP contribution in [0.1, 0.15) is 16.2 Å². The maximum absolute atomic E-state index is 12.9. The third kappa shape index (κ3) is 2.28. The number of hydrogen-bond acceptors (Lipinski definition) is 3. The minimum Gasteiger partial charge on any atom is -0.395 e. The molecule has 0 aliphatic rings. The summed E-state index contributed by atoms with van der Waals surface area (Å²) < 4.78 is 12.9. The molecule has 4 N–H and O–H groups in total. The largest absolute Gasteiger partial charge is 0.395 e. The summed E-state index contributed by atoms with van der Waals surface area (Å²) >= 11 is 5.61. The van der Waals surface area contributed by atoms with E-state index in [9.17, 15) is 9.18 Å². The van der Waals surface area contributed by atoms with E-state index in [0.29, 0.717) is 11.4 Å². The number of aryl methyl sites for hydroxylation is 1. The summed E-state index contributed by atoms with van der Waals surface area (Å²) in [6.45, 7) is 1.70. The first-order valence-electron chi connectivity index (χ1n) is 5.06. The Bertz CT molecular complexity index is 611. The number of nitrogen functional groups attached to an aromatic ring is 1. The third-order valence-corrected chi connectivity index (χ3v) is 2.68. The summed E-state index contributed by atoms with van der Waals surface area (Å²) in [6.07, 6.45) is 0. The van der Waals surface area contributed by atoms with Gasteiger partial charge < -0.3 is 11.1 Å². The summed E-state index contributed by atoms with van der Waals surface area (Å²) in [6, 6.07) is 3.87. The molecule has 1 aromatic carbocycles. The van der Waals surface area contributed by atoms with E-state index < -0.39 is 11.7 Å². The molecule has 0 radical (unpaired) electrons. The van der Waals surface area contributed by atoms with Crippen LogP contribution >= 0.6 is 11.6 Å². The van der Waals surface area contributed by atoms with Crippen molar-refractivity contribution in [2.24, 2.45) is 0 Å². The number of amides is 1. The number of nitrogens with one attached hydrogen (secondary N) is 2. The molecule has 0 unspecified atom stereocenters. The van der Waals surface area contributed by atoms with E-state index in [2.05, 4.69) is 15.5 Å². The first-order valence-corrected chi connectivity index (χ1v) is 5.43. The Morgan fingerprint density at radius 2 is 2.28 bits per heavy atom. The summed E-state index contributed by atoms with van der Waals surface area (Å²) in [4.78, 5) is 11.8. The lowest BCUT2D eigenvalue weighted by atomic mass is 10.2. The predicted octanol–water partition coefficient (Wildman–Crippen LogP) is 2.35. The molecule has 2 aromatic rings. The number of aromatic nitrogens is 2. The third-order valence-electron chi connectivity index (χ3n) is 2.39. The van der Waals surface area contributed by atoms with E-state index in [4.69, 9.17) is 17.3 Å². The highest BCUT2D eigenvalue weighted by Gasteiger charge is 2.15. The predicted molar refractivity (Wildman–Crippen MR) is 67.1 cm³/mol. The first kappa shape index (κ1) is 12.4. The molecule has 0 aliphatic heterocycles. The number of aromatic amines is 1. The Labute approximate surface area is 107 Å². The number of anilines is 2. The van der Waals surface area contributed by atoms with Crippen LogP contribution in [0.5, 0.6) is 0 Å². The zero-order valence-corrected chi connectivity index (χ0v) is 10.2. The number of nitrogens with zero attached hydrogens (tertiary/aromatic N) is 1. The second kappa shape index (κ2) is 4.66. The minimum absolute atomic E-state index is 0.0704. The number of H-pyrrole nitrogens is 1. The average Bonchev–Trinajstić information content (AvgIpc) is 2.65. The lowest BCUT2D eigenvalue weighted by Gasteiger charge is -2.04. The van der Waals surface area contributed by atoms with E-state index in [0.717, 1.165) is 6.07 Å². The van der Waals surface area contributed by atoms with Crippen LogP contribution in [0, 0.1) is 12.7 Å². The van der Waals surface area contributed by atoms with Crippen molar-refractivity contribution in [3.63, 3.8) is 0 Å². The highest BCUT2D eigenvalue weighted by Crippen LogP contribution is 2.20. The topological polar surface area (TPSA) is 83.8 Å². The standard InChI is InChI=1S/C11H10ClFN4O/c1-5-9(14)10(17-16-5)11(18)15-6-2-3-8(13)7(12)4-6/h2-4H,14H2,1H3,(H,15,18)(H,16,17). The molecular formula is C11H10ClFN4O. The average molecular weight is 269 g/mol. The maximum Gasteiger partial charge on any atom is 0.278 e. The van der Waals surface area contributed by atoms with Crippen LogP contribution < -0.4 is 11.1 Å². The Morgan fingerprint density at radius 1 is 1.56 bits per heavy atom. The molecule has 1 aromatic heterocycles. The molecule has 0 saturated heterocycles. The van der Waals surface area contributed by atoms with E-state index in [1.807, 2.05) is 0 Å². The molecule has 18 heavy (non-hydrogen) atoms. The van der Waals surface area contributed by atoms with Crippen LogP contribution in [-0.2, 0) is 0 Å². The molecule has 94 valence electrons. The first-order chi connectivity index (χ1) is 8.49. The van der Waals surface area contributed by atoms with Gasteiger partial charge in [0.25, 0.3) is 5.91 Å². The van der Waals surface area contributed by atoms with Crippen LogP contribution in [0.25, 0.3) is 0 Å². The lowest BCUT2D eigenvalue weighted by molar-refractivity contribution is 0.102. The van der Waals surface area contributed by atoms with Crippen molar-refractivity contribution in [3.8, 4) is 0 Å². The molecule has 2 rings (SSSR count). The number of benzene rings is 1. The molecule has 0 aliphatic carbocycles. The Kier molecular flexibility index (Phi) is 3.20. The van der Waals surface area contributed by atoms with Gasteiger partial charge in [-0.3, -0.25) is 9.89 Å². The van der Waals surface area contributed by atoms with Crippen molar-refractivity contribution in [2.45, 2.75) is 6.92 Å². The Balaban J connectivity index is 2.21. The highest BCUT2D eigenvalue weighted by atomic mass is 35.5. The van der Waals surface area contributed by atoms with Gasteiger partial charge in [0.15, 0.2) is 5.69 Å². The fraction of sp³-hybridized carbons (Fsp3) is 0.0909. The van der Waals surface area contributed by atoms with Gasteiger partial charge in [-0.1, -0.05) is 11.6 Å². The minimum atomic E-state index is -0.551. The van der Waals surface area contributed by atoms with Crippen LogP contribution in [-0.4, -0.2) is 16.1 Å². The summed E-state index contributed by atoms with van der Waals surface area (Å²) in [5.41, 5.74) is 7.02. The number of carbonyl (C=O) groups excluding carboxylic acids is 1. The van der Waals surface area contributed by atoms with Gasteiger partial charge in [-0.2, -0.15) is 5.10 Å². The van der Waals surface area contributed by atoms with Gasteiger partial charge in [-0.15, -0.1) is 0 Å². The van der Waals surface area contributed by atoms with Gasteiger partial charge in [0, 0.05) is 5.69 Å². The SMILES string of the molecule is Cc1[nH]nc(C(=O)Nc2ccc(F)c(Cl)c2)c1N. The fourth-order valence-corrected chi connectivity index (χ4v) is 1.56. The summed E-state index contributed by atoms with van der Waals surface area (Å²) in [7, 11) is 0. The smallest absolute Gasteiger partial charge is 0.278 e. The number of hydrogen-bond donors (Lipinski definition) is 3. The molecule has 0 spiro atoms. The second-order valence-corrected chi connectivity index (χ2v) is 4.10. The van der Waals surface area contributed by atoms with Crippen LogP contribution in [0.15, 0.2) is 18.2 Å². The monoisotopic (exact) mass is 268 g/mol. The quantitative estimate of drug-likeness (QED) is 0.782. The van der Waals surface area contributed by atoms with E-state index in [-0.39, 0.29) is 16.4 Å².